The van der Waals surface area contributed by atoms with Gasteiger partial charge in [0.1, 0.15) is 5.75 Å². The van der Waals surface area contributed by atoms with Gasteiger partial charge in [0.25, 0.3) is 0 Å². The highest BCUT2D eigenvalue weighted by Crippen LogP contribution is 2.30. The van der Waals surface area contributed by atoms with Gasteiger partial charge in [0, 0.05) is 37.3 Å². The van der Waals surface area contributed by atoms with E-state index in [1.165, 1.54) is 25.8 Å². The number of nitrogens with zero attached hydrogens (tertiary/aromatic N) is 2. The number of benzene rings is 1. The molecule has 3 rings (SSSR count). The molecule has 1 aliphatic carbocycles. The lowest BCUT2D eigenvalue weighted by atomic mass is 10.1. The quantitative estimate of drug-likeness (QED) is 0.888. The fourth-order valence-electron chi connectivity index (χ4n) is 2.97. The molecule has 2 fully saturated rings. The number of hydrogen-bond donors (Lipinski definition) is 1. The highest BCUT2D eigenvalue weighted by atomic mass is 16.5. The molecule has 1 aromatic rings. The van der Waals surface area contributed by atoms with Crippen molar-refractivity contribution in [1.29, 1.82) is 5.26 Å². The minimum Gasteiger partial charge on any atom is -0.496 e. The van der Waals surface area contributed by atoms with Gasteiger partial charge in [-0.05, 0) is 37.5 Å². The number of likely N-dealkylation sites (tertiary alicyclic amines) is 1. The monoisotopic (exact) mass is 271 g/mol. The van der Waals surface area contributed by atoms with E-state index < -0.39 is 0 Å². The summed E-state index contributed by atoms with van der Waals surface area (Å²) in [4.78, 5) is 2.60. The molecule has 1 atom stereocenters. The smallest absolute Gasteiger partial charge is 0.123 e. The summed E-state index contributed by atoms with van der Waals surface area (Å²) in [6.07, 6.45) is 3.98. The van der Waals surface area contributed by atoms with Crippen LogP contribution in [-0.4, -0.2) is 37.2 Å². The molecule has 1 aromatic carbocycles. The van der Waals surface area contributed by atoms with Gasteiger partial charge in [-0.15, -0.1) is 0 Å². The maximum atomic E-state index is 8.99. The summed E-state index contributed by atoms with van der Waals surface area (Å²) in [6, 6.07) is 9.20. The lowest BCUT2D eigenvalue weighted by Gasteiger charge is -2.16. The zero-order valence-corrected chi connectivity index (χ0v) is 11.9. The second-order valence-electron chi connectivity index (χ2n) is 5.73. The molecule has 0 spiro atoms. The van der Waals surface area contributed by atoms with E-state index >= 15 is 0 Å². The van der Waals surface area contributed by atoms with Crippen molar-refractivity contribution in [3.05, 3.63) is 29.3 Å². The van der Waals surface area contributed by atoms with E-state index in [4.69, 9.17) is 10.00 Å². The fourth-order valence-corrected chi connectivity index (χ4v) is 2.97. The molecule has 0 aromatic heterocycles. The van der Waals surface area contributed by atoms with Gasteiger partial charge < -0.3 is 10.1 Å². The first-order valence-corrected chi connectivity index (χ1v) is 7.34. The minimum atomic E-state index is 0.561. The highest BCUT2D eigenvalue weighted by molar-refractivity contribution is 5.42. The number of rotatable bonds is 5. The summed E-state index contributed by atoms with van der Waals surface area (Å²) in [7, 11) is 1.68. The molecule has 1 saturated carbocycles. The number of nitrogens with one attached hydrogen (secondary N) is 1. The Hall–Kier alpha value is -1.57. The fraction of sp³-hybridized carbons (Fsp3) is 0.562. The van der Waals surface area contributed by atoms with E-state index in [9.17, 15) is 0 Å². The maximum Gasteiger partial charge on any atom is 0.123 e. The molecule has 0 bridgehead atoms. The first kappa shape index (κ1) is 13.4. The average Bonchev–Trinajstić information content (AvgIpc) is 3.24. The zero-order chi connectivity index (χ0) is 13.9. The van der Waals surface area contributed by atoms with Gasteiger partial charge >= 0.3 is 0 Å². The first-order valence-electron chi connectivity index (χ1n) is 7.34. The topological polar surface area (TPSA) is 48.3 Å². The molecule has 4 nitrogen and oxygen atoms in total. The zero-order valence-electron chi connectivity index (χ0n) is 11.9. The third-order valence-electron chi connectivity index (χ3n) is 4.27. The molecule has 1 unspecified atom stereocenters. The minimum absolute atomic E-state index is 0.561. The Morgan fingerprint density at radius 2 is 2.25 bits per heavy atom. The summed E-state index contributed by atoms with van der Waals surface area (Å²) >= 11 is 0. The second-order valence-corrected chi connectivity index (χ2v) is 5.73. The molecule has 1 saturated heterocycles. The van der Waals surface area contributed by atoms with Gasteiger partial charge in [-0.3, -0.25) is 4.90 Å². The van der Waals surface area contributed by atoms with Gasteiger partial charge in [-0.2, -0.15) is 5.26 Å². The first-order chi connectivity index (χ1) is 9.80. The SMILES string of the molecule is COc1ccc(C#N)cc1CNC1CCN(C2CC2)C1. The van der Waals surface area contributed by atoms with E-state index in [0.717, 1.165) is 30.4 Å². The van der Waals surface area contributed by atoms with Crippen molar-refractivity contribution in [2.24, 2.45) is 0 Å². The second kappa shape index (κ2) is 5.82. The Balaban J connectivity index is 1.59. The van der Waals surface area contributed by atoms with Gasteiger partial charge in [0.2, 0.25) is 0 Å². The predicted molar refractivity (Wildman–Crippen MR) is 77.5 cm³/mol. The Kier molecular flexibility index (Phi) is 3.90. The van der Waals surface area contributed by atoms with Crippen LogP contribution in [0.25, 0.3) is 0 Å². The van der Waals surface area contributed by atoms with Crippen molar-refractivity contribution in [2.45, 2.75) is 37.9 Å². The summed E-state index contributed by atoms with van der Waals surface area (Å²) in [5, 5.41) is 12.6. The maximum absolute atomic E-state index is 8.99. The van der Waals surface area contributed by atoms with Gasteiger partial charge in [0.05, 0.1) is 18.7 Å². The van der Waals surface area contributed by atoms with Gasteiger partial charge in [0.15, 0.2) is 0 Å². The molecule has 0 radical (unpaired) electrons. The van der Waals surface area contributed by atoms with Crippen LogP contribution < -0.4 is 10.1 Å². The third kappa shape index (κ3) is 2.95. The van der Waals surface area contributed by atoms with Crippen molar-refractivity contribution in [2.75, 3.05) is 20.2 Å². The van der Waals surface area contributed by atoms with Crippen LogP contribution in [0.2, 0.25) is 0 Å². The molecule has 4 heteroatoms. The Labute approximate surface area is 120 Å². The third-order valence-corrected chi connectivity index (χ3v) is 4.27. The normalized spacial score (nSPS) is 22.7. The molecule has 2 aliphatic rings. The van der Waals surface area contributed by atoms with E-state index in [2.05, 4.69) is 16.3 Å². The molecule has 1 N–H and O–H groups in total. The molecule has 106 valence electrons. The van der Waals surface area contributed by atoms with Crippen molar-refractivity contribution in [3.63, 3.8) is 0 Å². The molecule has 20 heavy (non-hydrogen) atoms. The predicted octanol–water partition coefficient (Wildman–Crippen LogP) is 1.89. The number of methoxy groups -OCH3 is 1. The molecular formula is C16H21N3O. The van der Waals surface area contributed by atoms with Crippen LogP contribution in [0.3, 0.4) is 0 Å². The van der Waals surface area contributed by atoms with Crippen LogP contribution in [-0.2, 0) is 6.54 Å². The average molecular weight is 271 g/mol. The van der Waals surface area contributed by atoms with Crippen LogP contribution >= 0.6 is 0 Å². The number of ether oxygens (including phenoxy) is 1. The Morgan fingerprint density at radius 1 is 1.40 bits per heavy atom. The largest absolute Gasteiger partial charge is 0.496 e. The van der Waals surface area contributed by atoms with Gasteiger partial charge in [-0.1, -0.05) is 0 Å². The molecule has 0 amide bonds. The standard InChI is InChI=1S/C16H21N3O/c1-20-16-5-2-12(9-17)8-13(16)10-18-14-6-7-19(11-14)15-3-4-15/h2,5,8,14-15,18H,3-4,6-7,10-11H2,1H3. The summed E-state index contributed by atoms with van der Waals surface area (Å²) in [6.45, 7) is 3.14. The lowest BCUT2D eigenvalue weighted by molar-refractivity contribution is 0.317. The van der Waals surface area contributed by atoms with Crippen LogP contribution in [0.1, 0.15) is 30.4 Å². The lowest BCUT2D eigenvalue weighted by Crippen LogP contribution is -2.33. The van der Waals surface area contributed by atoms with E-state index in [1.807, 2.05) is 12.1 Å². The number of nitriles is 1. The van der Waals surface area contributed by atoms with E-state index in [1.54, 1.807) is 13.2 Å². The van der Waals surface area contributed by atoms with Crippen LogP contribution in [0.15, 0.2) is 18.2 Å². The molecule has 1 aliphatic heterocycles. The van der Waals surface area contributed by atoms with Crippen LogP contribution in [0.4, 0.5) is 0 Å². The van der Waals surface area contributed by atoms with Crippen LogP contribution in [0, 0.1) is 11.3 Å². The number of hydrogen-bond acceptors (Lipinski definition) is 4. The van der Waals surface area contributed by atoms with Crippen LogP contribution in [0.5, 0.6) is 5.75 Å². The summed E-state index contributed by atoms with van der Waals surface area (Å²) in [5.74, 6) is 0.855. The Bertz CT molecular complexity index is 519. The molecular weight excluding hydrogens is 250 g/mol. The van der Waals surface area contributed by atoms with Crippen molar-refractivity contribution >= 4 is 0 Å². The highest BCUT2D eigenvalue weighted by Gasteiger charge is 2.34. The van der Waals surface area contributed by atoms with Crippen molar-refractivity contribution in [1.82, 2.24) is 10.2 Å². The molecule has 1 heterocycles. The van der Waals surface area contributed by atoms with E-state index in [-0.39, 0.29) is 0 Å². The Morgan fingerprint density at radius 3 is 2.95 bits per heavy atom. The van der Waals surface area contributed by atoms with E-state index in [0.29, 0.717) is 11.6 Å². The van der Waals surface area contributed by atoms with Gasteiger partial charge in [-0.25, -0.2) is 0 Å². The summed E-state index contributed by atoms with van der Waals surface area (Å²) in [5.41, 5.74) is 1.75. The summed E-state index contributed by atoms with van der Waals surface area (Å²) < 4.78 is 5.37. The van der Waals surface area contributed by atoms with Crippen molar-refractivity contribution < 1.29 is 4.74 Å². The van der Waals surface area contributed by atoms with Crippen molar-refractivity contribution in [3.8, 4) is 11.8 Å².